The van der Waals surface area contributed by atoms with E-state index in [9.17, 15) is 14.4 Å². The number of ether oxygens (including phenoxy) is 2. The van der Waals surface area contributed by atoms with E-state index in [0.29, 0.717) is 42.0 Å². The molecule has 44 heavy (non-hydrogen) atoms. The molecule has 6 rings (SSSR count). The maximum Gasteiger partial charge on any atom is 0.407 e. The van der Waals surface area contributed by atoms with Crippen molar-refractivity contribution in [2.24, 2.45) is 56.7 Å². The predicted octanol–water partition coefficient (Wildman–Crippen LogP) is 8.42. The normalized spacial score (nSPS) is 45.5. The van der Waals surface area contributed by atoms with Gasteiger partial charge in [-0.05, 0) is 121 Å². The Morgan fingerprint density at radius 2 is 1.64 bits per heavy atom. The molecule has 2 unspecified atom stereocenters. The Bertz CT molecular complexity index is 1250. The summed E-state index contributed by atoms with van der Waals surface area (Å²) in [5.41, 5.74) is 3.46. The van der Waals surface area contributed by atoms with Gasteiger partial charge in [0.05, 0.1) is 6.61 Å². The van der Waals surface area contributed by atoms with Gasteiger partial charge in [0, 0.05) is 25.3 Å². The second-order valence-corrected chi connectivity index (χ2v) is 17.9. The molecule has 0 aromatic carbocycles. The van der Waals surface area contributed by atoms with E-state index in [2.05, 4.69) is 60.7 Å². The Morgan fingerprint density at radius 1 is 0.909 bits per heavy atom. The van der Waals surface area contributed by atoms with Gasteiger partial charge >= 0.3 is 12.1 Å². The number of ketones is 1. The van der Waals surface area contributed by atoms with Crippen molar-refractivity contribution in [1.29, 1.82) is 0 Å². The first-order valence-electron chi connectivity index (χ1n) is 17.9. The molecule has 6 heteroatoms. The molecule has 6 nitrogen and oxygen atoms in total. The minimum absolute atomic E-state index is 0.00352. The van der Waals surface area contributed by atoms with Crippen molar-refractivity contribution in [3.05, 3.63) is 11.1 Å². The van der Waals surface area contributed by atoms with Gasteiger partial charge in [0.1, 0.15) is 6.10 Å². The second-order valence-electron chi connectivity index (χ2n) is 17.9. The van der Waals surface area contributed by atoms with Crippen molar-refractivity contribution in [3.8, 4) is 0 Å². The molecule has 10 atom stereocenters. The second kappa shape index (κ2) is 10.6. The van der Waals surface area contributed by atoms with Crippen LogP contribution in [-0.2, 0) is 19.1 Å². The first-order valence-corrected chi connectivity index (χ1v) is 17.9. The van der Waals surface area contributed by atoms with Crippen LogP contribution in [0.1, 0.15) is 133 Å². The molecule has 0 aromatic rings. The zero-order valence-electron chi connectivity index (χ0n) is 29.1. The molecule has 0 radical (unpaired) electrons. The highest BCUT2D eigenvalue weighted by Crippen LogP contribution is 2.76. The number of Topliss-reactive ketones (excluding diaryl/α,β-unsaturated/α-hetero) is 1. The Hall–Kier alpha value is -1.85. The van der Waals surface area contributed by atoms with Gasteiger partial charge in [-0.15, -0.1) is 0 Å². The molecule has 0 aliphatic heterocycles. The maximum atomic E-state index is 13.4. The van der Waals surface area contributed by atoms with E-state index in [0.717, 1.165) is 38.5 Å². The molecule has 6 aliphatic rings. The number of alkyl carbamates (subject to hydrolysis) is 1. The van der Waals surface area contributed by atoms with Gasteiger partial charge < -0.3 is 14.8 Å². The van der Waals surface area contributed by atoms with Crippen LogP contribution in [0.25, 0.3) is 0 Å². The van der Waals surface area contributed by atoms with Gasteiger partial charge in [0.2, 0.25) is 0 Å². The highest BCUT2D eigenvalue weighted by Gasteiger charge is 2.69. The number of carbonyl (C=O) groups excluding carboxylic acids is 3. The summed E-state index contributed by atoms with van der Waals surface area (Å²) in [5.74, 6) is 2.51. The van der Waals surface area contributed by atoms with Crippen LogP contribution in [0.3, 0.4) is 0 Å². The lowest BCUT2D eigenvalue weighted by molar-refractivity contribution is -0.215. The van der Waals surface area contributed by atoms with Crippen molar-refractivity contribution < 1.29 is 23.9 Å². The topological polar surface area (TPSA) is 81.7 Å². The molecule has 0 heterocycles. The molecule has 5 fully saturated rings. The van der Waals surface area contributed by atoms with Gasteiger partial charge in [0.15, 0.2) is 5.78 Å². The minimum atomic E-state index is -0.310. The molecule has 1 N–H and O–H groups in total. The van der Waals surface area contributed by atoms with Crippen LogP contribution in [0.5, 0.6) is 0 Å². The smallest absolute Gasteiger partial charge is 0.407 e. The van der Waals surface area contributed by atoms with Crippen LogP contribution in [-0.4, -0.2) is 36.6 Å². The number of carbonyl (C=O) groups is 3. The Morgan fingerprint density at radius 3 is 2.32 bits per heavy atom. The third-order valence-electron chi connectivity index (χ3n) is 15.0. The van der Waals surface area contributed by atoms with E-state index >= 15 is 0 Å². The first-order chi connectivity index (χ1) is 20.5. The van der Waals surface area contributed by atoms with Crippen LogP contribution in [0, 0.1) is 56.7 Å². The molecule has 0 saturated heterocycles. The van der Waals surface area contributed by atoms with Crippen molar-refractivity contribution in [2.75, 3.05) is 6.61 Å². The van der Waals surface area contributed by atoms with E-state index in [-0.39, 0.29) is 51.3 Å². The summed E-state index contributed by atoms with van der Waals surface area (Å²) >= 11 is 0. The summed E-state index contributed by atoms with van der Waals surface area (Å²) in [4.78, 5) is 37.5. The van der Waals surface area contributed by atoms with E-state index in [1.54, 1.807) is 5.57 Å². The van der Waals surface area contributed by atoms with Gasteiger partial charge in [-0.1, -0.05) is 61.0 Å². The van der Waals surface area contributed by atoms with E-state index in [4.69, 9.17) is 9.47 Å². The largest absolute Gasteiger partial charge is 0.462 e. The highest BCUT2D eigenvalue weighted by molar-refractivity contribution is 6.00. The third kappa shape index (κ3) is 4.72. The van der Waals surface area contributed by atoms with Gasteiger partial charge in [-0.3, -0.25) is 9.59 Å². The third-order valence-corrected chi connectivity index (χ3v) is 15.0. The number of fused-ring (bicyclic) bond motifs is 7. The standard InChI is InChI=1S/C38H59NO5/c1-22(2)31-26(41)21-35(6)17-18-37(8)25(32(31)35)10-11-29-36(7)15-13-30(34(4,5)28(36)12-16-38(29,37)9)39-33(42)43-19-14-24-20-27(24)44-23(3)40/h22,24-25,27-30H,10-21H2,1-9H3,(H,39,42)/t24?,25-,27+,28+,29-,30?,35+,36+,37-,38-/m1/s1. The number of hydrogen-bond donors (Lipinski definition) is 1. The van der Waals surface area contributed by atoms with Crippen molar-refractivity contribution >= 4 is 17.8 Å². The number of nitrogens with one attached hydrogen (secondary N) is 1. The van der Waals surface area contributed by atoms with E-state index in [1.807, 2.05) is 0 Å². The van der Waals surface area contributed by atoms with Crippen molar-refractivity contribution in [1.82, 2.24) is 5.32 Å². The molecule has 5 saturated carbocycles. The highest BCUT2D eigenvalue weighted by atomic mass is 16.6. The van der Waals surface area contributed by atoms with E-state index < -0.39 is 0 Å². The Labute approximate surface area is 266 Å². The van der Waals surface area contributed by atoms with Crippen LogP contribution in [0.2, 0.25) is 0 Å². The zero-order valence-corrected chi connectivity index (χ0v) is 29.1. The monoisotopic (exact) mass is 609 g/mol. The van der Waals surface area contributed by atoms with Crippen LogP contribution in [0.15, 0.2) is 11.1 Å². The molecular formula is C38H59NO5. The molecule has 0 aromatic heterocycles. The summed E-state index contributed by atoms with van der Waals surface area (Å²) in [6.07, 6.45) is 11.4. The molecule has 246 valence electrons. The Kier molecular flexibility index (Phi) is 7.73. The summed E-state index contributed by atoms with van der Waals surface area (Å²) in [6.45, 7) is 21.3. The zero-order chi connectivity index (χ0) is 32.0. The van der Waals surface area contributed by atoms with Crippen molar-refractivity contribution in [2.45, 2.75) is 145 Å². The van der Waals surface area contributed by atoms with Crippen LogP contribution >= 0.6 is 0 Å². The van der Waals surface area contributed by atoms with Gasteiger partial charge in [0.25, 0.3) is 0 Å². The van der Waals surface area contributed by atoms with Crippen molar-refractivity contribution in [3.63, 3.8) is 0 Å². The number of hydrogen-bond acceptors (Lipinski definition) is 5. The van der Waals surface area contributed by atoms with Crippen LogP contribution in [0.4, 0.5) is 4.79 Å². The summed E-state index contributed by atoms with van der Waals surface area (Å²) < 4.78 is 10.9. The van der Waals surface area contributed by atoms with Gasteiger partial charge in [-0.2, -0.15) is 0 Å². The average Bonchev–Trinajstić information content (AvgIpc) is 3.57. The molecule has 6 aliphatic carbocycles. The number of allylic oxidation sites excluding steroid dienone is 2. The SMILES string of the molecule is CC(=O)O[C@H]1CC1CCOC(=O)NC1CC[C@]2(C)[C@H]3CC[C@@H]4C5=C(C(C)C)C(=O)C[C@]5(C)CC[C@@]4(C)[C@]3(C)CC[C@H]2C1(C)C. The number of esters is 1. The molecule has 0 spiro atoms. The lowest BCUT2D eigenvalue weighted by Crippen LogP contribution is -2.66. The van der Waals surface area contributed by atoms with Gasteiger partial charge in [-0.25, -0.2) is 4.79 Å². The average molecular weight is 610 g/mol. The van der Waals surface area contributed by atoms with E-state index in [1.165, 1.54) is 44.6 Å². The summed E-state index contributed by atoms with van der Waals surface area (Å²) in [6, 6.07) is 0.0951. The lowest BCUT2D eigenvalue weighted by atomic mass is 9.33. The number of amides is 1. The maximum absolute atomic E-state index is 13.4. The molecule has 1 amide bonds. The van der Waals surface area contributed by atoms with Crippen LogP contribution < -0.4 is 5.32 Å². The quantitative estimate of drug-likeness (QED) is 0.306. The fraction of sp³-hybridized carbons (Fsp3) is 0.868. The summed E-state index contributed by atoms with van der Waals surface area (Å²) in [7, 11) is 0. The minimum Gasteiger partial charge on any atom is -0.462 e. The number of rotatable bonds is 6. The lowest BCUT2D eigenvalue weighted by Gasteiger charge is -2.72. The fourth-order valence-corrected chi connectivity index (χ4v) is 12.5. The molecule has 0 bridgehead atoms. The summed E-state index contributed by atoms with van der Waals surface area (Å²) in [5, 5.41) is 3.30. The Balaban J connectivity index is 1.16. The first kappa shape index (κ1) is 32.1. The fourth-order valence-electron chi connectivity index (χ4n) is 12.5. The molecular weight excluding hydrogens is 550 g/mol. The predicted molar refractivity (Wildman–Crippen MR) is 172 cm³/mol.